The normalized spacial score (nSPS) is 16.4. The van der Waals surface area contributed by atoms with Gasteiger partial charge in [-0.15, -0.1) is 0 Å². The molecule has 8 nitrogen and oxygen atoms in total. The van der Waals surface area contributed by atoms with Crippen molar-refractivity contribution >= 4 is 11.9 Å². The van der Waals surface area contributed by atoms with Gasteiger partial charge in [0.25, 0.3) is 5.56 Å². The van der Waals surface area contributed by atoms with Crippen molar-refractivity contribution in [3.05, 3.63) is 86.1 Å². The minimum absolute atomic E-state index is 0.0704. The molecule has 0 aliphatic carbocycles. The number of amides is 1. The summed E-state index contributed by atoms with van der Waals surface area (Å²) in [5.41, 5.74) is 5.27. The topological polar surface area (TPSA) is 105 Å². The molecule has 1 aliphatic rings. The number of benzene rings is 2. The molecular formula is C37H49FN4O4. The summed E-state index contributed by atoms with van der Waals surface area (Å²) in [6.07, 6.45) is 1.20. The molecule has 1 aliphatic heterocycles. The summed E-state index contributed by atoms with van der Waals surface area (Å²) in [5.74, 6) is -2.24. The molecule has 4 rings (SSSR count). The summed E-state index contributed by atoms with van der Waals surface area (Å²) >= 11 is 0. The van der Waals surface area contributed by atoms with Crippen LogP contribution in [0.4, 0.5) is 4.39 Å². The van der Waals surface area contributed by atoms with Crippen molar-refractivity contribution in [2.24, 2.45) is 11.3 Å². The Morgan fingerprint density at radius 3 is 2.28 bits per heavy atom. The first-order chi connectivity index (χ1) is 21.6. The van der Waals surface area contributed by atoms with Crippen LogP contribution in [-0.4, -0.2) is 51.3 Å². The van der Waals surface area contributed by atoms with E-state index in [-0.39, 0.29) is 17.0 Å². The lowest BCUT2D eigenvalue weighted by atomic mass is 9.84. The maximum atomic E-state index is 15.8. The molecule has 1 saturated heterocycles. The largest absolute Gasteiger partial charge is 0.481 e. The number of nitrogens with one attached hydrogen (secondary N) is 1. The van der Waals surface area contributed by atoms with E-state index in [1.807, 2.05) is 45.9 Å². The van der Waals surface area contributed by atoms with Gasteiger partial charge in [-0.05, 0) is 91.5 Å². The second-order valence-electron chi connectivity index (χ2n) is 14.1. The van der Waals surface area contributed by atoms with Gasteiger partial charge in [0.05, 0.1) is 18.2 Å². The number of carbonyl (C=O) groups is 2. The Hall–Kier alpha value is -3.85. The number of aromatic nitrogens is 2. The van der Waals surface area contributed by atoms with Crippen LogP contribution in [-0.2, 0) is 16.0 Å². The first-order valence-corrected chi connectivity index (χ1v) is 16.3. The van der Waals surface area contributed by atoms with Crippen LogP contribution in [0.1, 0.15) is 92.6 Å². The monoisotopic (exact) mass is 632 g/mol. The number of carbonyl (C=O) groups excluding carboxylic acids is 1. The van der Waals surface area contributed by atoms with Gasteiger partial charge >= 0.3 is 5.97 Å². The first kappa shape index (κ1) is 35.0. The van der Waals surface area contributed by atoms with Gasteiger partial charge in [-0.25, -0.2) is 9.07 Å². The average Bonchev–Trinajstić information content (AvgIpc) is 2.96. The average molecular weight is 633 g/mol. The third kappa shape index (κ3) is 8.10. The van der Waals surface area contributed by atoms with Gasteiger partial charge in [0.1, 0.15) is 11.9 Å². The van der Waals surface area contributed by atoms with Crippen LogP contribution >= 0.6 is 0 Å². The van der Waals surface area contributed by atoms with Gasteiger partial charge in [0, 0.05) is 37.2 Å². The van der Waals surface area contributed by atoms with E-state index in [0.717, 1.165) is 48.3 Å². The molecule has 46 heavy (non-hydrogen) atoms. The van der Waals surface area contributed by atoms with Crippen molar-refractivity contribution in [2.75, 3.05) is 19.6 Å². The Bertz CT molecular complexity index is 1640. The van der Waals surface area contributed by atoms with Gasteiger partial charge in [-0.2, -0.15) is 5.10 Å². The number of hydrogen-bond acceptors (Lipinski definition) is 5. The molecule has 3 atom stereocenters. The number of likely N-dealkylation sites (tertiary alicyclic amines) is 1. The molecule has 248 valence electrons. The van der Waals surface area contributed by atoms with Crippen LogP contribution in [0.5, 0.6) is 0 Å². The van der Waals surface area contributed by atoms with Crippen molar-refractivity contribution in [1.29, 1.82) is 0 Å². The second-order valence-corrected chi connectivity index (χ2v) is 14.1. The van der Waals surface area contributed by atoms with Crippen molar-refractivity contribution < 1.29 is 19.1 Å². The lowest BCUT2D eigenvalue weighted by Gasteiger charge is -2.46. The maximum Gasteiger partial charge on any atom is 0.305 e. The highest BCUT2D eigenvalue weighted by molar-refractivity contribution is 5.82. The van der Waals surface area contributed by atoms with Crippen molar-refractivity contribution in [1.82, 2.24) is 20.0 Å². The van der Waals surface area contributed by atoms with Gasteiger partial charge in [0.15, 0.2) is 0 Å². The van der Waals surface area contributed by atoms with E-state index in [1.54, 1.807) is 32.0 Å². The predicted octanol–water partition coefficient (Wildman–Crippen LogP) is 6.48. The second kappa shape index (κ2) is 14.3. The van der Waals surface area contributed by atoms with Crippen LogP contribution in [0.25, 0.3) is 11.1 Å². The molecule has 1 unspecified atom stereocenters. The molecule has 2 heterocycles. The number of carboxylic acid groups (broad SMARTS) is 1. The zero-order valence-corrected chi connectivity index (χ0v) is 28.5. The Morgan fingerprint density at radius 2 is 1.70 bits per heavy atom. The molecule has 0 saturated carbocycles. The zero-order valence-electron chi connectivity index (χ0n) is 28.5. The minimum atomic E-state index is -1.18. The van der Waals surface area contributed by atoms with Gasteiger partial charge < -0.3 is 15.3 Å². The van der Waals surface area contributed by atoms with Crippen molar-refractivity contribution in [3.8, 4) is 11.1 Å². The highest BCUT2D eigenvalue weighted by Crippen LogP contribution is 2.34. The fraction of sp³-hybridized carbons (Fsp3) is 0.514. The quantitative estimate of drug-likeness (QED) is 0.224. The number of rotatable bonds is 13. The molecule has 1 amide bonds. The molecule has 2 N–H and O–H groups in total. The smallest absolute Gasteiger partial charge is 0.305 e. The molecule has 1 aromatic heterocycles. The molecule has 3 aromatic rings. The van der Waals surface area contributed by atoms with E-state index < -0.39 is 36.2 Å². The van der Waals surface area contributed by atoms with E-state index in [4.69, 9.17) is 0 Å². The number of carboxylic acids is 1. The van der Waals surface area contributed by atoms with E-state index >= 15 is 4.39 Å². The molecule has 1 fully saturated rings. The van der Waals surface area contributed by atoms with Crippen molar-refractivity contribution in [3.63, 3.8) is 0 Å². The lowest BCUT2D eigenvalue weighted by molar-refractivity contribution is -0.138. The molecule has 9 heteroatoms. The number of aliphatic carboxylic acids is 1. The highest BCUT2D eigenvalue weighted by Gasteiger charge is 2.34. The Labute approximate surface area is 272 Å². The van der Waals surface area contributed by atoms with E-state index in [9.17, 15) is 19.5 Å². The third-order valence-corrected chi connectivity index (χ3v) is 9.20. The van der Waals surface area contributed by atoms with E-state index in [0.29, 0.717) is 35.1 Å². The number of aryl methyl sites for hydroxylation is 4. The zero-order chi connectivity index (χ0) is 33.9. The van der Waals surface area contributed by atoms with Crippen LogP contribution < -0.4 is 10.9 Å². The Balaban J connectivity index is 1.71. The van der Waals surface area contributed by atoms with Gasteiger partial charge in [-0.1, -0.05) is 52.3 Å². The van der Waals surface area contributed by atoms with Gasteiger partial charge in [-0.3, -0.25) is 14.4 Å². The number of hydrogen-bond donors (Lipinski definition) is 2. The highest BCUT2D eigenvalue weighted by atomic mass is 19.1. The Morgan fingerprint density at radius 1 is 1.04 bits per heavy atom. The maximum absolute atomic E-state index is 15.8. The van der Waals surface area contributed by atoms with E-state index in [1.165, 1.54) is 4.68 Å². The summed E-state index contributed by atoms with van der Waals surface area (Å²) < 4.78 is 17.1. The van der Waals surface area contributed by atoms with Crippen LogP contribution in [0.2, 0.25) is 0 Å². The van der Waals surface area contributed by atoms with E-state index in [2.05, 4.69) is 29.2 Å². The fourth-order valence-electron chi connectivity index (χ4n) is 6.65. The van der Waals surface area contributed by atoms with Gasteiger partial charge in [0.2, 0.25) is 5.91 Å². The van der Waals surface area contributed by atoms with Crippen molar-refractivity contribution in [2.45, 2.75) is 93.2 Å². The standard InChI is InChI=1S/C37H49FN4O4/c1-9-22(2)15-31(42-36(46)26(6)17-28(40-42)13-14-41-20-37(7,8)21-41)35(45)39-30(19-32(43)44)29-18-27(16-25(5)34(29)38)33-23(3)11-10-12-24(33)4/h10-12,16-18,22,30-31H,9,13-15,19-21H2,1-8H3,(H,39,45)(H,43,44)/t22?,30-,31-/m0/s1. The third-order valence-electron chi connectivity index (χ3n) is 9.20. The Kier molecular flexibility index (Phi) is 10.9. The number of halogens is 1. The molecule has 0 radical (unpaired) electrons. The summed E-state index contributed by atoms with van der Waals surface area (Å²) in [4.78, 5) is 42.1. The minimum Gasteiger partial charge on any atom is -0.481 e. The molecule has 0 bridgehead atoms. The molecule has 2 aromatic carbocycles. The molecule has 0 spiro atoms. The lowest BCUT2D eigenvalue weighted by Crippen LogP contribution is -2.53. The van der Waals surface area contributed by atoms with Crippen LogP contribution in [0.15, 0.2) is 41.2 Å². The SMILES string of the molecule is CCC(C)C[C@@H](C(=O)N[C@@H](CC(=O)O)c1cc(-c2c(C)cccc2C)cc(C)c1F)n1nc(CCN2CC(C)(C)C2)cc(C)c1=O. The summed E-state index contributed by atoms with van der Waals surface area (Å²) in [5, 5.41) is 17.4. The first-order valence-electron chi connectivity index (χ1n) is 16.3. The number of nitrogens with zero attached hydrogens (tertiary/aromatic N) is 3. The predicted molar refractivity (Wildman–Crippen MR) is 179 cm³/mol. The van der Waals surface area contributed by atoms with Crippen LogP contribution in [0, 0.1) is 44.8 Å². The summed E-state index contributed by atoms with van der Waals surface area (Å²) in [6.45, 7) is 18.6. The fourth-order valence-corrected chi connectivity index (χ4v) is 6.65. The summed E-state index contributed by atoms with van der Waals surface area (Å²) in [6, 6.07) is 8.92. The molecular weight excluding hydrogens is 583 g/mol. The van der Waals surface area contributed by atoms with Crippen LogP contribution in [0.3, 0.4) is 0 Å². The summed E-state index contributed by atoms with van der Waals surface area (Å²) in [7, 11) is 0.